The van der Waals surface area contributed by atoms with Gasteiger partial charge >= 0.3 is 0 Å². The predicted molar refractivity (Wildman–Crippen MR) is 69.9 cm³/mol. The molecule has 1 aromatic carbocycles. The summed E-state index contributed by atoms with van der Waals surface area (Å²) in [6.07, 6.45) is 0. The van der Waals surface area contributed by atoms with Crippen LogP contribution >= 0.6 is 11.6 Å². The number of aliphatic hydroxyl groups excluding tert-OH is 1. The Bertz CT molecular complexity index is 568. The summed E-state index contributed by atoms with van der Waals surface area (Å²) in [5.41, 5.74) is 6.86. The topological polar surface area (TPSA) is 83.6 Å². The molecule has 2 rings (SSSR count). The summed E-state index contributed by atoms with van der Waals surface area (Å²) in [5, 5.41) is 9.08. The van der Waals surface area contributed by atoms with Crippen molar-refractivity contribution in [2.24, 2.45) is 5.92 Å². The fraction of sp³-hybridized carbons (Fsp3) is 0.455. The molecule has 0 radical (unpaired) electrons. The Hall–Kier alpha value is -0.820. The number of nitrogen functional groups attached to an aromatic ring is 1. The Labute approximate surface area is 111 Å². The van der Waals surface area contributed by atoms with Crippen molar-refractivity contribution in [2.75, 3.05) is 25.4 Å². The van der Waals surface area contributed by atoms with Crippen molar-refractivity contribution in [3.05, 3.63) is 22.7 Å². The molecule has 3 N–H and O–H groups in total. The molecule has 0 saturated carbocycles. The van der Waals surface area contributed by atoms with Crippen molar-refractivity contribution >= 4 is 27.3 Å². The van der Waals surface area contributed by atoms with Gasteiger partial charge in [-0.25, -0.2) is 8.42 Å². The van der Waals surface area contributed by atoms with Gasteiger partial charge in [0.05, 0.1) is 5.02 Å². The van der Waals surface area contributed by atoms with E-state index in [1.54, 1.807) is 13.0 Å². The molecule has 0 unspecified atom stereocenters. The predicted octanol–water partition coefficient (Wildman–Crippen LogP) is 0.843. The minimum Gasteiger partial charge on any atom is -0.398 e. The third-order valence-electron chi connectivity index (χ3n) is 3.12. The first-order chi connectivity index (χ1) is 8.36. The first-order valence-corrected chi connectivity index (χ1v) is 7.34. The summed E-state index contributed by atoms with van der Waals surface area (Å²) in [4.78, 5) is 0.0312. The highest BCUT2D eigenvalue weighted by Crippen LogP contribution is 2.32. The molecule has 0 bridgehead atoms. The summed E-state index contributed by atoms with van der Waals surface area (Å²) in [6, 6.07) is 2.94. The number of halogens is 1. The summed E-state index contributed by atoms with van der Waals surface area (Å²) >= 11 is 5.97. The number of nitrogens with zero attached hydrogens (tertiary/aromatic N) is 1. The molecule has 0 aromatic heterocycles. The fourth-order valence-electron chi connectivity index (χ4n) is 1.84. The van der Waals surface area contributed by atoms with E-state index < -0.39 is 10.0 Å². The lowest BCUT2D eigenvalue weighted by Gasteiger charge is -2.37. The lowest BCUT2D eigenvalue weighted by atomic mass is 10.1. The van der Waals surface area contributed by atoms with Crippen molar-refractivity contribution in [3.8, 4) is 0 Å². The van der Waals surface area contributed by atoms with Crippen LogP contribution in [0.2, 0.25) is 5.02 Å². The molecule has 1 aromatic rings. The molecule has 1 heterocycles. The van der Waals surface area contributed by atoms with E-state index in [4.69, 9.17) is 22.4 Å². The Kier molecular flexibility index (Phi) is 3.55. The van der Waals surface area contributed by atoms with Gasteiger partial charge in [0.2, 0.25) is 10.0 Å². The van der Waals surface area contributed by atoms with Crippen LogP contribution in [0.5, 0.6) is 0 Å². The van der Waals surface area contributed by atoms with Gasteiger partial charge in [-0.3, -0.25) is 0 Å². The monoisotopic (exact) mass is 290 g/mol. The number of hydrogen-bond donors (Lipinski definition) is 2. The highest BCUT2D eigenvalue weighted by molar-refractivity contribution is 7.89. The normalized spacial score (nSPS) is 17.7. The maximum absolute atomic E-state index is 12.3. The van der Waals surface area contributed by atoms with Gasteiger partial charge in [0, 0.05) is 31.3 Å². The molecule has 100 valence electrons. The van der Waals surface area contributed by atoms with Crippen molar-refractivity contribution < 1.29 is 13.5 Å². The lowest BCUT2D eigenvalue weighted by Crippen LogP contribution is -2.51. The summed E-state index contributed by atoms with van der Waals surface area (Å²) in [7, 11) is -3.60. The van der Waals surface area contributed by atoms with Crippen molar-refractivity contribution in [2.45, 2.75) is 11.8 Å². The minimum atomic E-state index is -3.60. The third kappa shape index (κ3) is 2.21. The SMILES string of the molecule is Cc1cc(Cl)c(S(=O)(=O)N2CC(CO)C2)cc1N. The second kappa shape index (κ2) is 4.70. The van der Waals surface area contributed by atoms with Gasteiger partial charge in [-0.1, -0.05) is 11.6 Å². The molecule has 5 nitrogen and oxygen atoms in total. The van der Waals surface area contributed by atoms with E-state index in [1.807, 2.05) is 0 Å². The van der Waals surface area contributed by atoms with Gasteiger partial charge in [-0.2, -0.15) is 4.31 Å². The molecule has 1 aliphatic rings. The fourth-order valence-corrected chi connectivity index (χ4v) is 4.02. The van der Waals surface area contributed by atoms with Crippen LogP contribution in [-0.4, -0.2) is 37.5 Å². The van der Waals surface area contributed by atoms with Crippen molar-refractivity contribution in [1.82, 2.24) is 4.31 Å². The van der Waals surface area contributed by atoms with E-state index in [-0.39, 0.29) is 22.4 Å². The number of hydrogen-bond acceptors (Lipinski definition) is 4. The Morgan fingerprint density at radius 1 is 1.50 bits per heavy atom. The molecule has 0 atom stereocenters. The van der Waals surface area contributed by atoms with E-state index >= 15 is 0 Å². The van der Waals surface area contributed by atoms with E-state index in [0.717, 1.165) is 5.56 Å². The average molecular weight is 291 g/mol. The van der Waals surface area contributed by atoms with Gasteiger partial charge in [-0.05, 0) is 24.6 Å². The lowest BCUT2D eigenvalue weighted by molar-refractivity contribution is 0.117. The molecule has 0 spiro atoms. The van der Waals surface area contributed by atoms with E-state index in [9.17, 15) is 8.42 Å². The zero-order valence-corrected chi connectivity index (χ0v) is 11.5. The number of nitrogens with two attached hydrogens (primary N) is 1. The van der Waals surface area contributed by atoms with Crippen LogP contribution < -0.4 is 5.73 Å². The van der Waals surface area contributed by atoms with Crippen LogP contribution in [0.25, 0.3) is 0 Å². The molecule has 7 heteroatoms. The largest absolute Gasteiger partial charge is 0.398 e. The van der Waals surface area contributed by atoms with Gasteiger partial charge in [0.25, 0.3) is 0 Å². The Balaban J connectivity index is 2.34. The second-order valence-corrected chi connectivity index (χ2v) is 6.82. The molecular formula is C11H15ClN2O3S. The van der Waals surface area contributed by atoms with Gasteiger partial charge in [0.15, 0.2) is 0 Å². The first kappa shape index (κ1) is 13.6. The van der Waals surface area contributed by atoms with Crippen LogP contribution in [0.4, 0.5) is 5.69 Å². The van der Waals surface area contributed by atoms with Gasteiger partial charge in [-0.15, -0.1) is 0 Å². The van der Waals surface area contributed by atoms with Crippen LogP contribution in [0.1, 0.15) is 5.56 Å². The number of benzene rings is 1. The molecule has 1 aliphatic heterocycles. The smallest absolute Gasteiger partial charge is 0.244 e. The number of aryl methyl sites for hydroxylation is 1. The molecule has 18 heavy (non-hydrogen) atoms. The Morgan fingerprint density at radius 2 is 2.11 bits per heavy atom. The van der Waals surface area contributed by atoms with Crippen LogP contribution in [-0.2, 0) is 10.0 Å². The van der Waals surface area contributed by atoms with Crippen LogP contribution in [0, 0.1) is 12.8 Å². The zero-order chi connectivity index (χ0) is 13.5. The zero-order valence-electron chi connectivity index (χ0n) is 9.93. The molecule has 0 amide bonds. The van der Waals surface area contributed by atoms with E-state index in [0.29, 0.717) is 18.8 Å². The summed E-state index contributed by atoms with van der Waals surface area (Å²) in [5.74, 6) is 0.0151. The molecule has 1 saturated heterocycles. The van der Waals surface area contributed by atoms with E-state index in [2.05, 4.69) is 0 Å². The second-order valence-electron chi connectivity index (χ2n) is 4.51. The molecule has 0 aliphatic carbocycles. The maximum atomic E-state index is 12.3. The number of aliphatic hydroxyl groups is 1. The summed E-state index contributed by atoms with van der Waals surface area (Å²) in [6.45, 7) is 2.41. The van der Waals surface area contributed by atoms with Crippen molar-refractivity contribution in [1.29, 1.82) is 0 Å². The third-order valence-corrected chi connectivity index (χ3v) is 5.42. The number of anilines is 1. The number of rotatable bonds is 3. The Morgan fingerprint density at radius 3 is 2.67 bits per heavy atom. The average Bonchev–Trinajstić information content (AvgIpc) is 2.21. The highest BCUT2D eigenvalue weighted by Gasteiger charge is 2.37. The highest BCUT2D eigenvalue weighted by atomic mass is 35.5. The van der Waals surface area contributed by atoms with Gasteiger partial charge < -0.3 is 10.8 Å². The number of sulfonamides is 1. The maximum Gasteiger partial charge on any atom is 0.244 e. The van der Waals surface area contributed by atoms with Crippen molar-refractivity contribution in [3.63, 3.8) is 0 Å². The van der Waals surface area contributed by atoms with Gasteiger partial charge in [0.1, 0.15) is 4.90 Å². The molecule has 1 fully saturated rings. The molecular weight excluding hydrogens is 276 g/mol. The minimum absolute atomic E-state index is 0.00418. The van der Waals surface area contributed by atoms with Crippen LogP contribution in [0.15, 0.2) is 17.0 Å². The first-order valence-electron chi connectivity index (χ1n) is 5.53. The van der Waals surface area contributed by atoms with Crippen LogP contribution in [0.3, 0.4) is 0 Å². The summed E-state index contributed by atoms with van der Waals surface area (Å²) < 4.78 is 25.8. The standard InChI is InChI=1S/C11H15ClN2O3S/c1-7-2-9(12)11(3-10(7)13)18(16,17)14-4-8(5-14)6-15/h2-3,8,15H,4-6,13H2,1H3. The quantitative estimate of drug-likeness (QED) is 0.808. The van der Waals surface area contributed by atoms with E-state index in [1.165, 1.54) is 10.4 Å².